The topological polar surface area (TPSA) is 81.0 Å². The van der Waals surface area contributed by atoms with Crippen molar-refractivity contribution < 1.29 is 17.9 Å². The molecule has 7 nitrogen and oxygen atoms in total. The largest absolute Gasteiger partial charge is 0.469 e. The van der Waals surface area contributed by atoms with E-state index in [-0.39, 0.29) is 23.1 Å². The molecule has 21 heavy (non-hydrogen) atoms. The SMILES string of the molecule is COC(=O)CCN(C)S(=O)(=O)c1c(Cl)nc2ccccn12. The lowest BCUT2D eigenvalue weighted by molar-refractivity contribution is -0.140. The monoisotopic (exact) mass is 331 g/mol. The van der Waals surface area contributed by atoms with Gasteiger partial charge in [-0.15, -0.1) is 0 Å². The molecule has 0 N–H and O–H groups in total. The number of carbonyl (C=O) groups is 1. The van der Waals surface area contributed by atoms with Crippen molar-refractivity contribution in [2.24, 2.45) is 0 Å². The van der Waals surface area contributed by atoms with Gasteiger partial charge in [0.15, 0.2) is 10.2 Å². The van der Waals surface area contributed by atoms with Gasteiger partial charge >= 0.3 is 5.97 Å². The molecule has 0 bridgehead atoms. The lowest BCUT2D eigenvalue weighted by Gasteiger charge is -2.16. The number of esters is 1. The highest BCUT2D eigenvalue weighted by Gasteiger charge is 2.28. The molecule has 0 unspecified atom stereocenters. The minimum atomic E-state index is -3.86. The molecular formula is C12H14ClN3O4S. The third kappa shape index (κ3) is 3.02. The van der Waals surface area contributed by atoms with Crippen LogP contribution in [0.25, 0.3) is 5.65 Å². The Labute approximate surface area is 127 Å². The summed E-state index contributed by atoms with van der Waals surface area (Å²) in [7, 11) is -1.24. The van der Waals surface area contributed by atoms with Gasteiger partial charge in [0, 0.05) is 19.8 Å². The van der Waals surface area contributed by atoms with E-state index >= 15 is 0 Å². The minimum absolute atomic E-state index is 0.00853. The molecule has 0 aliphatic carbocycles. The van der Waals surface area contributed by atoms with Crippen molar-refractivity contribution in [1.29, 1.82) is 0 Å². The molecule has 0 radical (unpaired) electrons. The molecule has 0 aliphatic rings. The van der Waals surface area contributed by atoms with Gasteiger partial charge in [-0.05, 0) is 12.1 Å². The smallest absolute Gasteiger partial charge is 0.306 e. The van der Waals surface area contributed by atoms with Crippen LogP contribution >= 0.6 is 11.6 Å². The summed E-state index contributed by atoms with van der Waals surface area (Å²) in [6.07, 6.45) is 1.52. The number of carbonyl (C=O) groups excluding carboxylic acids is 1. The average molecular weight is 332 g/mol. The Hall–Kier alpha value is -1.64. The Morgan fingerprint density at radius 2 is 2.19 bits per heavy atom. The molecule has 2 heterocycles. The van der Waals surface area contributed by atoms with Crippen molar-refractivity contribution in [3.8, 4) is 0 Å². The lowest BCUT2D eigenvalue weighted by Crippen LogP contribution is -2.30. The number of hydrogen-bond acceptors (Lipinski definition) is 5. The first kappa shape index (κ1) is 15.7. The Morgan fingerprint density at radius 1 is 1.48 bits per heavy atom. The number of imidazole rings is 1. The predicted octanol–water partition coefficient (Wildman–Crippen LogP) is 1.17. The van der Waals surface area contributed by atoms with Crippen molar-refractivity contribution >= 4 is 33.2 Å². The van der Waals surface area contributed by atoms with Crippen molar-refractivity contribution in [2.45, 2.75) is 11.4 Å². The van der Waals surface area contributed by atoms with Gasteiger partial charge in [0.05, 0.1) is 13.5 Å². The standard InChI is InChI=1S/C12H14ClN3O4S/c1-15(8-6-10(17)20-2)21(18,19)12-11(13)14-9-5-3-4-7-16(9)12/h3-5,7H,6,8H2,1-2H3. The van der Waals surface area contributed by atoms with Crippen LogP contribution in [0.3, 0.4) is 0 Å². The van der Waals surface area contributed by atoms with E-state index in [1.54, 1.807) is 24.4 Å². The molecule has 0 fully saturated rings. The second kappa shape index (κ2) is 6.00. The fraction of sp³-hybridized carbons (Fsp3) is 0.333. The Kier molecular flexibility index (Phi) is 4.50. The van der Waals surface area contributed by atoms with E-state index in [0.29, 0.717) is 5.65 Å². The van der Waals surface area contributed by atoms with Crippen molar-refractivity contribution in [2.75, 3.05) is 20.7 Å². The van der Waals surface area contributed by atoms with Gasteiger partial charge in [0.1, 0.15) is 5.65 Å². The van der Waals surface area contributed by atoms with Gasteiger partial charge in [0.25, 0.3) is 10.0 Å². The number of fused-ring (bicyclic) bond motifs is 1. The van der Waals surface area contributed by atoms with Crippen molar-refractivity contribution in [3.05, 3.63) is 29.5 Å². The summed E-state index contributed by atoms with van der Waals surface area (Å²) < 4.78 is 32.1. The number of rotatable bonds is 5. The third-order valence-corrected chi connectivity index (χ3v) is 5.22. The molecule has 0 aliphatic heterocycles. The number of methoxy groups -OCH3 is 1. The number of nitrogens with zero attached hydrogens (tertiary/aromatic N) is 3. The van der Waals surface area contributed by atoms with E-state index in [4.69, 9.17) is 11.6 Å². The van der Waals surface area contributed by atoms with E-state index in [2.05, 4.69) is 9.72 Å². The van der Waals surface area contributed by atoms with Crippen LogP contribution in [0.15, 0.2) is 29.4 Å². The van der Waals surface area contributed by atoms with Crippen LogP contribution in [-0.2, 0) is 19.6 Å². The van der Waals surface area contributed by atoms with Crippen molar-refractivity contribution in [3.63, 3.8) is 0 Å². The fourth-order valence-corrected chi connectivity index (χ4v) is 3.55. The molecule has 2 aromatic heterocycles. The van der Waals surface area contributed by atoms with Gasteiger partial charge in [-0.1, -0.05) is 17.7 Å². The van der Waals surface area contributed by atoms with Crippen LogP contribution in [0.1, 0.15) is 6.42 Å². The van der Waals surface area contributed by atoms with Crippen LogP contribution in [0, 0.1) is 0 Å². The summed E-state index contributed by atoms with van der Waals surface area (Å²) in [5, 5.41) is -0.224. The van der Waals surface area contributed by atoms with E-state index < -0.39 is 16.0 Å². The predicted molar refractivity (Wildman–Crippen MR) is 76.7 cm³/mol. The van der Waals surface area contributed by atoms with Gasteiger partial charge in [-0.3, -0.25) is 9.20 Å². The van der Waals surface area contributed by atoms with E-state index in [1.165, 1.54) is 18.6 Å². The van der Waals surface area contributed by atoms with E-state index in [0.717, 1.165) is 4.31 Å². The molecule has 114 valence electrons. The van der Waals surface area contributed by atoms with Gasteiger partial charge in [-0.2, -0.15) is 4.31 Å². The summed E-state index contributed by atoms with van der Waals surface area (Å²) in [6, 6.07) is 5.06. The first-order valence-corrected chi connectivity index (χ1v) is 7.85. The van der Waals surface area contributed by atoms with Crippen LogP contribution < -0.4 is 0 Å². The van der Waals surface area contributed by atoms with Crippen LogP contribution in [0.5, 0.6) is 0 Å². The molecule has 0 spiro atoms. The normalized spacial score (nSPS) is 12.0. The highest BCUT2D eigenvalue weighted by Crippen LogP contribution is 2.25. The van der Waals surface area contributed by atoms with Gasteiger partial charge in [0.2, 0.25) is 0 Å². The Bertz CT molecular complexity index is 772. The maximum absolute atomic E-state index is 12.6. The number of halogens is 1. The molecule has 9 heteroatoms. The van der Waals surface area contributed by atoms with Gasteiger partial charge < -0.3 is 4.74 Å². The maximum atomic E-state index is 12.6. The molecule has 0 amide bonds. The van der Waals surface area contributed by atoms with Gasteiger partial charge in [-0.25, -0.2) is 13.4 Å². The van der Waals surface area contributed by atoms with Crippen molar-refractivity contribution in [1.82, 2.24) is 13.7 Å². The first-order valence-electron chi connectivity index (χ1n) is 6.03. The lowest BCUT2D eigenvalue weighted by atomic mass is 10.4. The Morgan fingerprint density at radius 3 is 2.86 bits per heavy atom. The zero-order valence-electron chi connectivity index (χ0n) is 11.5. The number of pyridine rings is 1. The fourth-order valence-electron chi connectivity index (χ4n) is 1.79. The summed E-state index contributed by atoms with van der Waals surface area (Å²) in [5.41, 5.74) is 0.433. The summed E-state index contributed by atoms with van der Waals surface area (Å²) >= 11 is 5.96. The molecule has 2 aromatic rings. The molecule has 0 aromatic carbocycles. The summed E-state index contributed by atoms with van der Waals surface area (Å²) in [4.78, 5) is 15.1. The minimum Gasteiger partial charge on any atom is -0.469 e. The quantitative estimate of drug-likeness (QED) is 0.768. The van der Waals surface area contributed by atoms with Crippen LogP contribution in [0.2, 0.25) is 5.15 Å². The molecule has 0 saturated carbocycles. The van der Waals surface area contributed by atoms with E-state index in [1.807, 2.05) is 0 Å². The molecule has 0 saturated heterocycles. The number of sulfonamides is 1. The molecular weight excluding hydrogens is 318 g/mol. The Balaban J connectivity index is 2.37. The number of aromatic nitrogens is 2. The highest BCUT2D eigenvalue weighted by atomic mass is 35.5. The second-order valence-electron chi connectivity index (χ2n) is 4.29. The number of hydrogen-bond donors (Lipinski definition) is 0. The maximum Gasteiger partial charge on any atom is 0.306 e. The first-order chi connectivity index (χ1) is 9.87. The number of ether oxygens (including phenoxy) is 1. The second-order valence-corrected chi connectivity index (χ2v) is 6.61. The summed E-state index contributed by atoms with van der Waals surface area (Å²) in [5.74, 6) is -0.485. The third-order valence-electron chi connectivity index (χ3n) is 2.96. The molecule has 2 rings (SSSR count). The average Bonchev–Trinajstić information content (AvgIpc) is 2.80. The molecule has 0 atom stereocenters. The van der Waals surface area contributed by atoms with E-state index in [9.17, 15) is 13.2 Å². The van der Waals surface area contributed by atoms with Crippen LogP contribution in [-0.4, -0.2) is 48.8 Å². The van der Waals surface area contributed by atoms with Crippen LogP contribution in [0.4, 0.5) is 0 Å². The zero-order chi connectivity index (χ0) is 15.6. The zero-order valence-corrected chi connectivity index (χ0v) is 13.1. The summed E-state index contributed by atoms with van der Waals surface area (Å²) in [6.45, 7) is -0.00853. The highest BCUT2D eigenvalue weighted by molar-refractivity contribution is 7.89.